The second-order valence-corrected chi connectivity index (χ2v) is 6.82. The lowest BCUT2D eigenvalue weighted by molar-refractivity contribution is 0.355. The van der Waals surface area contributed by atoms with Crippen molar-refractivity contribution in [3.05, 3.63) is 54.1 Å². The number of ether oxygens (including phenoxy) is 4. The zero-order chi connectivity index (χ0) is 20.5. The fourth-order valence-electron chi connectivity index (χ4n) is 3.77. The van der Waals surface area contributed by atoms with Gasteiger partial charge in [-0.2, -0.15) is 0 Å². The van der Waals surface area contributed by atoms with Gasteiger partial charge in [0.2, 0.25) is 0 Å². The van der Waals surface area contributed by atoms with Crippen molar-refractivity contribution < 1.29 is 18.9 Å². The fraction of sp³-hybridized carbons (Fsp3) is 0.261. The monoisotopic (exact) mass is 392 g/mol. The maximum absolute atomic E-state index is 5.56. The third-order valence-corrected chi connectivity index (χ3v) is 5.31. The van der Waals surface area contributed by atoms with Crippen LogP contribution in [0.2, 0.25) is 0 Å². The first kappa shape index (κ1) is 18.9. The molecule has 1 heterocycles. The lowest BCUT2D eigenvalue weighted by Gasteiger charge is -2.17. The predicted octanol–water partition coefficient (Wildman–Crippen LogP) is 4.58. The van der Waals surface area contributed by atoms with E-state index in [1.165, 1.54) is 0 Å². The molecular weight excluding hydrogens is 368 g/mol. The molecule has 29 heavy (non-hydrogen) atoms. The van der Waals surface area contributed by atoms with Crippen molar-refractivity contribution in [1.82, 2.24) is 9.55 Å². The van der Waals surface area contributed by atoms with Crippen LogP contribution in [-0.2, 0) is 6.54 Å². The summed E-state index contributed by atoms with van der Waals surface area (Å²) in [7, 11) is 6.59. The summed E-state index contributed by atoms with van der Waals surface area (Å²) in [6.45, 7) is 2.70. The highest BCUT2D eigenvalue weighted by Gasteiger charge is 2.16. The van der Waals surface area contributed by atoms with E-state index in [1.807, 2.05) is 43.6 Å². The Labute approximate surface area is 169 Å². The topological polar surface area (TPSA) is 54.7 Å². The minimum atomic E-state index is 0.687. The number of hydrogen-bond donors (Lipinski definition) is 0. The van der Waals surface area contributed by atoms with E-state index in [1.54, 1.807) is 28.4 Å². The highest BCUT2D eigenvalue weighted by Crippen LogP contribution is 2.41. The van der Waals surface area contributed by atoms with E-state index in [4.69, 9.17) is 18.9 Å². The van der Waals surface area contributed by atoms with Crippen LogP contribution in [0.1, 0.15) is 11.4 Å². The van der Waals surface area contributed by atoms with E-state index in [2.05, 4.69) is 15.6 Å². The molecule has 0 amide bonds. The van der Waals surface area contributed by atoms with Crippen molar-refractivity contribution in [2.75, 3.05) is 28.4 Å². The third kappa shape index (κ3) is 3.20. The summed E-state index contributed by atoms with van der Waals surface area (Å²) in [5, 5.41) is 4.28. The Morgan fingerprint density at radius 3 is 1.83 bits per heavy atom. The van der Waals surface area contributed by atoms with Gasteiger partial charge < -0.3 is 23.5 Å². The lowest BCUT2D eigenvalue weighted by atomic mass is 9.96. The van der Waals surface area contributed by atoms with Crippen LogP contribution in [-0.4, -0.2) is 38.0 Å². The zero-order valence-electron chi connectivity index (χ0n) is 17.3. The van der Waals surface area contributed by atoms with Crippen LogP contribution < -0.4 is 18.9 Å². The minimum absolute atomic E-state index is 0.687. The first-order chi connectivity index (χ1) is 14.1. The van der Waals surface area contributed by atoms with Crippen molar-refractivity contribution in [2.24, 2.45) is 0 Å². The number of aromatic nitrogens is 2. The quantitative estimate of drug-likeness (QED) is 0.450. The fourth-order valence-corrected chi connectivity index (χ4v) is 3.77. The van der Waals surface area contributed by atoms with E-state index in [0.29, 0.717) is 29.5 Å². The van der Waals surface area contributed by atoms with Gasteiger partial charge >= 0.3 is 0 Å². The molecule has 0 unspecified atom stereocenters. The Hall–Kier alpha value is -3.41. The normalized spacial score (nSPS) is 11.1. The van der Waals surface area contributed by atoms with E-state index >= 15 is 0 Å². The first-order valence-electron chi connectivity index (χ1n) is 9.30. The molecule has 0 atom stereocenters. The summed E-state index contributed by atoms with van der Waals surface area (Å²) in [6, 6.07) is 10.3. The van der Waals surface area contributed by atoms with Gasteiger partial charge in [-0.25, -0.2) is 4.98 Å². The molecular formula is C23H24N2O4. The molecule has 0 N–H and O–H groups in total. The van der Waals surface area contributed by atoms with Crippen LogP contribution in [0.25, 0.3) is 21.5 Å². The minimum Gasteiger partial charge on any atom is -0.493 e. The number of imidazole rings is 1. The molecule has 4 rings (SSSR count). The molecule has 6 nitrogen and oxygen atoms in total. The third-order valence-electron chi connectivity index (χ3n) is 5.31. The van der Waals surface area contributed by atoms with Crippen molar-refractivity contribution in [3.8, 4) is 23.0 Å². The van der Waals surface area contributed by atoms with Gasteiger partial charge in [-0.05, 0) is 64.4 Å². The molecule has 0 aliphatic carbocycles. The van der Waals surface area contributed by atoms with Crippen LogP contribution in [0.3, 0.4) is 0 Å². The van der Waals surface area contributed by atoms with Crippen molar-refractivity contribution >= 4 is 21.5 Å². The van der Waals surface area contributed by atoms with Gasteiger partial charge in [0, 0.05) is 18.9 Å². The molecule has 0 bridgehead atoms. The van der Waals surface area contributed by atoms with E-state index < -0.39 is 0 Å². The van der Waals surface area contributed by atoms with Crippen LogP contribution in [0.5, 0.6) is 23.0 Å². The standard InChI is InChI=1S/C23H24N2O4/c1-14-24-6-7-25(14)13-16-8-15-9-20(26-2)21(27-3)10-17(15)19-12-23(29-5)22(28-4)11-18(16)19/h6-12H,13H2,1-5H3. The average Bonchev–Trinajstić information content (AvgIpc) is 3.16. The summed E-state index contributed by atoms with van der Waals surface area (Å²) in [4.78, 5) is 4.35. The highest BCUT2D eigenvalue weighted by molar-refractivity contribution is 6.11. The van der Waals surface area contributed by atoms with Crippen molar-refractivity contribution in [3.63, 3.8) is 0 Å². The second kappa shape index (κ2) is 7.54. The Morgan fingerprint density at radius 1 is 0.724 bits per heavy atom. The van der Waals surface area contributed by atoms with Crippen LogP contribution in [0.4, 0.5) is 0 Å². The number of nitrogens with zero attached hydrogens (tertiary/aromatic N) is 2. The molecule has 4 aromatic rings. The number of fused-ring (bicyclic) bond motifs is 3. The molecule has 0 aliphatic rings. The molecule has 0 saturated heterocycles. The van der Waals surface area contributed by atoms with Crippen LogP contribution in [0, 0.1) is 6.92 Å². The Kier molecular flexibility index (Phi) is 4.92. The van der Waals surface area contributed by atoms with Crippen molar-refractivity contribution in [1.29, 1.82) is 0 Å². The molecule has 0 saturated carbocycles. The highest BCUT2D eigenvalue weighted by atomic mass is 16.5. The Morgan fingerprint density at radius 2 is 1.28 bits per heavy atom. The number of hydrogen-bond acceptors (Lipinski definition) is 5. The zero-order valence-corrected chi connectivity index (χ0v) is 17.3. The van der Waals surface area contributed by atoms with Crippen LogP contribution >= 0.6 is 0 Å². The summed E-state index contributed by atoms with van der Waals surface area (Å²) < 4.78 is 24.3. The Bertz CT molecular complexity index is 1200. The molecule has 0 radical (unpaired) electrons. The molecule has 0 spiro atoms. The van der Waals surface area contributed by atoms with E-state index in [0.717, 1.165) is 32.9 Å². The van der Waals surface area contributed by atoms with Gasteiger partial charge in [0.05, 0.1) is 28.4 Å². The predicted molar refractivity (Wildman–Crippen MR) is 114 cm³/mol. The smallest absolute Gasteiger partial charge is 0.161 e. The average molecular weight is 392 g/mol. The molecule has 0 aliphatic heterocycles. The van der Waals surface area contributed by atoms with Crippen molar-refractivity contribution in [2.45, 2.75) is 13.5 Å². The second-order valence-electron chi connectivity index (χ2n) is 6.82. The number of rotatable bonds is 6. The molecule has 6 heteroatoms. The van der Waals surface area contributed by atoms with Gasteiger partial charge in [0.1, 0.15) is 5.82 Å². The maximum atomic E-state index is 5.56. The molecule has 3 aromatic carbocycles. The summed E-state index contributed by atoms with van der Waals surface area (Å²) in [5.41, 5.74) is 1.15. The lowest BCUT2D eigenvalue weighted by Crippen LogP contribution is -2.02. The molecule has 1 aromatic heterocycles. The van der Waals surface area contributed by atoms with Gasteiger partial charge in [-0.3, -0.25) is 0 Å². The van der Waals surface area contributed by atoms with E-state index in [-0.39, 0.29) is 0 Å². The molecule has 150 valence electrons. The summed E-state index contributed by atoms with van der Waals surface area (Å²) in [6.07, 6.45) is 3.80. The number of methoxy groups -OCH3 is 4. The number of benzene rings is 3. The van der Waals surface area contributed by atoms with Crippen LogP contribution in [0.15, 0.2) is 42.7 Å². The maximum Gasteiger partial charge on any atom is 0.161 e. The largest absolute Gasteiger partial charge is 0.493 e. The molecule has 0 fully saturated rings. The Balaban J connectivity index is 2.07. The van der Waals surface area contributed by atoms with Gasteiger partial charge in [-0.15, -0.1) is 0 Å². The van der Waals surface area contributed by atoms with E-state index in [9.17, 15) is 0 Å². The first-order valence-corrected chi connectivity index (χ1v) is 9.30. The SMILES string of the molecule is COc1cc2cc(Cn3ccnc3C)c3cc(OC)c(OC)cc3c2cc1OC. The van der Waals surface area contributed by atoms with Gasteiger partial charge in [0.15, 0.2) is 23.0 Å². The van der Waals surface area contributed by atoms with Gasteiger partial charge in [0.25, 0.3) is 0 Å². The number of aryl methyl sites for hydroxylation is 1. The summed E-state index contributed by atoms with van der Waals surface area (Å²) in [5.74, 6) is 3.74. The summed E-state index contributed by atoms with van der Waals surface area (Å²) >= 11 is 0. The van der Waals surface area contributed by atoms with Gasteiger partial charge in [-0.1, -0.05) is 0 Å².